The van der Waals surface area contributed by atoms with Gasteiger partial charge in [-0.25, -0.2) is 4.39 Å². The highest BCUT2D eigenvalue weighted by Gasteiger charge is 2.24. The Bertz CT molecular complexity index is 450. The zero-order valence-corrected chi connectivity index (χ0v) is 10.3. The molecule has 2 nitrogen and oxygen atoms in total. The number of hydrogen-bond donors (Lipinski definition) is 0. The third kappa shape index (κ3) is 2.41. The van der Waals surface area contributed by atoms with Crippen LogP contribution >= 0.6 is 0 Å². The summed E-state index contributed by atoms with van der Waals surface area (Å²) in [5.41, 5.74) is 1.01. The Hall–Kier alpha value is -1.56. The van der Waals surface area contributed by atoms with E-state index in [4.69, 9.17) is 5.26 Å². The zero-order chi connectivity index (χ0) is 12.4. The smallest absolute Gasteiger partial charge is 0.147 e. The molecule has 0 aliphatic carbocycles. The van der Waals surface area contributed by atoms with Gasteiger partial charge in [-0.2, -0.15) is 5.26 Å². The van der Waals surface area contributed by atoms with Gasteiger partial charge in [-0.3, -0.25) is 0 Å². The second-order valence-electron chi connectivity index (χ2n) is 4.96. The van der Waals surface area contributed by atoms with Gasteiger partial charge < -0.3 is 4.90 Å². The van der Waals surface area contributed by atoms with E-state index in [1.807, 2.05) is 6.07 Å². The largest absolute Gasteiger partial charge is 0.366 e. The van der Waals surface area contributed by atoms with Crippen molar-refractivity contribution in [3.05, 3.63) is 29.6 Å². The fourth-order valence-electron chi connectivity index (χ4n) is 2.43. The SMILES string of the molecule is CC1CCC(C)N(c2ccc(C#N)cc2F)C1. The van der Waals surface area contributed by atoms with Gasteiger partial charge in [0.05, 0.1) is 17.3 Å². The number of halogens is 1. The van der Waals surface area contributed by atoms with Crippen LogP contribution in [0.15, 0.2) is 18.2 Å². The molecule has 0 aromatic heterocycles. The van der Waals surface area contributed by atoms with E-state index < -0.39 is 0 Å². The van der Waals surface area contributed by atoms with E-state index in [0.29, 0.717) is 23.2 Å². The lowest BCUT2D eigenvalue weighted by molar-refractivity contribution is 0.386. The van der Waals surface area contributed by atoms with E-state index in [1.165, 1.54) is 12.5 Å². The molecule has 0 radical (unpaired) electrons. The highest BCUT2D eigenvalue weighted by molar-refractivity contribution is 5.52. The minimum atomic E-state index is -0.287. The summed E-state index contributed by atoms with van der Waals surface area (Å²) in [4.78, 5) is 2.12. The maximum absolute atomic E-state index is 13.9. The highest BCUT2D eigenvalue weighted by atomic mass is 19.1. The fraction of sp³-hybridized carbons (Fsp3) is 0.500. The molecule has 2 unspecified atom stereocenters. The van der Waals surface area contributed by atoms with E-state index in [-0.39, 0.29) is 5.82 Å². The number of benzene rings is 1. The van der Waals surface area contributed by atoms with Gasteiger partial charge in [-0.15, -0.1) is 0 Å². The van der Waals surface area contributed by atoms with Crippen molar-refractivity contribution in [3.63, 3.8) is 0 Å². The van der Waals surface area contributed by atoms with Crippen LogP contribution in [0.5, 0.6) is 0 Å². The van der Waals surface area contributed by atoms with Gasteiger partial charge in [0.2, 0.25) is 0 Å². The average Bonchev–Trinajstić information content (AvgIpc) is 2.32. The van der Waals surface area contributed by atoms with Crippen molar-refractivity contribution in [2.24, 2.45) is 5.92 Å². The van der Waals surface area contributed by atoms with Gasteiger partial charge in [0.15, 0.2) is 0 Å². The third-order valence-corrected chi connectivity index (χ3v) is 3.50. The van der Waals surface area contributed by atoms with Gasteiger partial charge in [-0.05, 0) is 43.9 Å². The quantitative estimate of drug-likeness (QED) is 0.742. The minimum absolute atomic E-state index is 0.287. The number of anilines is 1. The van der Waals surface area contributed by atoms with Crippen LogP contribution in [-0.2, 0) is 0 Å². The molecule has 2 atom stereocenters. The van der Waals surface area contributed by atoms with Crippen LogP contribution in [0.4, 0.5) is 10.1 Å². The molecule has 1 aliphatic rings. The second kappa shape index (κ2) is 4.75. The molecule has 1 aromatic carbocycles. The average molecular weight is 232 g/mol. The van der Waals surface area contributed by atoms with Crippen LogP contribution in [-0.4, -0.2) is 12.6 Å². The lowest BCUT2D eigenvalue weighted by Gasteiger charge is -2.38. The molecule has 1 saturated heterocycles. The molecule has 0 amide bonds. The van der Waals surface area contributed by atoms with Crippen molar-refractivity contribution >= 4 is 5.69 Å². The van der Waals surface area contributed by atoms with Crippen LogP contribution in [0.1, 0.15) is 32.3 Å². The molecule has 0 N–H and O–H groups in total. The zero-order valence-electron chi connectivity index (χ0n) is 10.3. The van der Waals surface area contributed by atoms with E-state index in [0.717, 1.165) is 13.0 Å². The molecule has 17 heavy (non-hydrogen) atoms. The number of nitriles is 1. The fourth-order valence-corrected chi connectivity index (χ4v) is 2.43. The van der Waals surface area contributed by atoms with E-state index in [1.54, 1.807) is 12.1 Å². The van der Waals surface area contributed by atoms with Crippen LogP contribution in [0, 0.1) is 23.1 Å². The van der Waals surface area contributed by atoms with Crippen LogP contribution in [0.3, 0.4) is 0 Å². The van der Waals surface area contributed by atoms with Crippen molar-refractivity contribution in [1.82, 2.24) is 0 Å². The Labute approximate surface area is 102 Å². The van der Waals surface area contributed by atoms with Crippen LogP contribution in [0.25, 0.3) is 0 Å². The Morgan fingerprint density at radius 2 is 2.12 bits per heavy atom. The Kier molecular flexibility index (Phi) is 3.33. The number of rotatable bonds is 1. The van der Waals surface area contributed by atoms with Crippen molar-refractivity contribution in [2.45, 2.75) is 32.7 Å². The van der Waals surface area contributed by atoms with E-state index in [2.05, 4.69) is 18.7 Å². The number of hydrogen-bond acceptors (Lipinski definition) is 2. The summed E-state index contributed by atoms with van der Waals surface area (Å²) in [5, 5.41) is 8.73. The van der Waals surface area contributed by atoms with E-state index in [9.17, 15) is 4.39 Å². The Balaban J connectivity index is 2.30. The molecule has 3 heteroatoms. The predicted octanol–water partition coefficient (Wildman–Crippen LogP) is 3.32. The molecule has 0 saturated carbocycles. The van der Waals surface area contributed by atoms with Gasteiger partial charge in [-0.1, -0.05) is 6.92 Å². The standard InChI is InChI=1S/C14H17FN2/c1-10-3-4-11(2)17(9-10)14-6-5-12(8-16)7-13(14)15/h5-7,10-11H,3-4,9H2,1-2H3. The van der Waals surface area contributed by atoms with Gasteiger partial charge >= 0.3 is 0 Å². The van der Waals surface area contributed by atoms with Crippen LogP contribution < -0.4 is 4.90 Å². The number of nitrogens with zero attached hydrogens (tertiary/aromatic N) is 2. The highest BCUT2D eigenvalue weighted by Crippen LogP contribution is 2.29. The molecule has 1 aromatic rings. The first-order valence-corrected chi connectivity index (χ1v) is 6.08. The molecule has 1 heterocycles. The Morgan fingerprint density at radius 1 is 1.35 bits per heavy atom. The van der Waals surface area contributed by atoms with Crippen molar-refractivity contribution < 1.29 is 4.39 Å². The first kappa shape index (κ1) is 11.9. The lowest BCUT2D eigenvalue weighted by atomic mass is 9.94. The van der Waals surface area contributed by atoms with Gasteiger partial charge in [0.25, 0.3) is 0 Å². The van der Waals surface area contributed by atoms with Crippen LogP contribution in [0.2, 0.25) is 0 Å². The predicted molar refractivity (Wildman–Crippen MR) is 66.3 cm³/mol. The Morgan fingerprint density at radius 3 is 2.76 bits per heavy atom. The normalized spacial score (nSPS) is 24.5. The summed E-state index contributed by atoms with van der Waals surface area (Å²) < 4.78 is 13.9. The second-order valence-corrected chi connectivity index (χ2v) is 4.96. The van der Waals surface area contributed by atoms with Gasteiger partial charge in [0, 0.05) is 12.6 Å². The van der Waals surface area contributed by atoms with E-state index >= 15 is 0 Å². The molecule has 1 aliphatic heterocycles. The molecule has 2 rings (SSSR count). The first-order valence-electron chi connectivity index (χ1n) is 6.08. The lowest BCUT2D eigenvalue weighted by Crippen LogP contribution is -2.41. The van der Waals surface area contributed by atoms with Crippen molar-refractivity contribution in [1.29, 1.82) is 5.26 Å². The van der Waals surface area contributed by atoms with Crippen molar-refractivity contribution in [3.8, 4) is 6.07 Å². The summed E-state index contributed by atoms with van der Waals surface area (Å²) in [7, 11) is 0. The molecule has 90 valence electrons. The topological polar surface area (TPSA) is 27.0 Å². The summed E-state index contributed by atoms with van der Waals surface area (Å²) >= 11 is 0. The summed E-state index contributed by atoms with van der Waals surface area (Å²) in [5.74, 6) is 0.311. The summed E-state index contributed by atoms with van der Waals surface area (Å²) in [6.07, 6.45) is 2.30. The van der Waals surface area contributed by atoms with Gasteiger partial charge in [0.1, 0.15) is 5.82 Å². The first-order chi connectivity index (χ1) is 8.11. The monoisotopic (exact) mass is 232 g/mol. The molecule has 1 fully saturated rings. The number of piperidine rings is 1. The maximum Gasteiger partial charge on any atom is 0.147 e. The molecular weight excluding hydrogens is 215 g/mol. The van der Waals surface area contributed by atoms with Crippen molar-refractivity contribution in [2.75, 3.05) is 11.4 Å². The minimum Gasteiger partial charge on any atom is -0.366 e. The summed E-state index contributed by atoms with van der Waals surface area (Å²) in [6.45, 7) is 5.22. The molecular formula is C14H17FN2. The molecule has 0 spiro atoms. The third-order valence-electron chi connectivity index (χ3n) is 3.50. The maximum atomic E-state index is 13.9. The summed E-state index contributed by atoms with van der Waals surface area (Å²) in [6, 6.07) is 7.06. The molecule has 0 bridgehead atoms.